The average molecular weight is 301 g/mol. The highest BCUT2D eigenvalue weighted by molar-refractivity contribution is 6.32. The Labute approximate surface area is 123 Å². The zero-order chi connectivity index (χ0) is 14.8. The second-order valence-corrected chi connectivity index (χ2v) is 4.61. The van der Waals surface area contributed by atoms with E-state index in [2.05, 4.69) is 20.3 Å². The molecule has 0 unspecified atom stereocenters. The van der Waals surface area contributed by atoms with Crippen LogP contribution in [0, 0.1) is 0 Å². The van der Waals surface area contributed by atoms with Crippen LogP contribution in [0.4, 0.5) is 5.82 Å². The number of para-hydroxylation sites is 2. The first kappa shape index (κ1) is 13.3. The number of carbonyl (C=O) groups is 1. The van der Waals surface area contributed by atoms with Gasteiger partial charge in [-0.25, -0.2) is 9.97 Å². The molecule has 3 rings (SSSR count). The number of carbonyl (C=O) groups excluding carboxylic acids is 1. The lowest BCUT2D eigenvalue weighted by Crippen LogP contribution is -2.16. The fourth-order valence-corrected chi connectivity index (χ4v) is 2.00. The summed E-state index contributed by atoms with van der Waals surface area (Å²) in [7, 11) is 0. The smallest absolute Gasteiger partial charge is 0.257 e. The molecule has 0 spiro atoms. The molecule has 3 aromatic rings. The van der Waals surface area contributed by atoms with Gasteiger partial charge in [-0.2, -0.15) is 0 Å². The number of aromatic nitrogens is 3. The summed E-state index contributed by atoms with van der Waals surface area (Å²) in [6.45, 7) is 0. The molecular formula is C14H9ClN4O2. The maximum atomic E-state index is 12.1. The third-order valence-electron chi connectivity index (χ3n) is 2.80. The van der Waals surface area contributed by atoms with Crippen molar-refractivity contribution in [2.45, 2.75) is 0 Å². The van der Waals surface area contributed by atoms with E-state index in [1.54, 1.807) is 12.1 Å². The van der Waals surface area contributed by atoms with Gasteiger partial charge in [0.25, 0.3) is 5.91 Å². The first-order valence-corrected chi connectivity index (χ1v) is 6.44. The van der Waals surface area contributed by atoms with Crippen LogP contribution in [0.1, 0.15) is 10.4 Å². The van der Waals surface area contributed by atoms with Crippen LogP contribution in [0.3, 0.4) is 0 Å². The standard InChI is InChI=1S/C14H9ClN4O2/c15-12-13(18-10-4-2-1-3-9(10)17-12)19-14(21)8-5-6-16-11(20)7-8/h1-7H,(H,16,20)(H,18,19,21). The maximum absolute atomic E-state index is 12.1. The Hall–Kier alpha value is -2.73. The zero-order valence-corrected chi connectivity index (χ0v) is 11.4. The maximum Gasteiger partial charge on any atom is 0.257 e. The van der Waals surface area contributed by atoms with Crippen molar-refractivity contribution in [1.29, 1.82) is 0 Å². The average Bonchev–Trinajstić information content (AvgIpc) is 2.48. The summed E-state index contributed by atoms with van der Waals surface area (Å²) < 4.78 is 0. The Kier molecular flexibility index (Phi) is 3.37. The fraction of sp³-hybridized carbons (Fsp3) is 0. The number of fused-ring (bicyclic) bond motifs is 1. The lowest BCUT2D eigenvalue weighted by atomic mass is 10.2. The van der Waals surface area contributed by atoms with Crippen molar-refractivity contribution in [1.82, 2.24) is 15.0 Å². The molecule has 7 heteroatoms. The molecule has 1 amide bonds. The molecule has 0 aliphatic rings. The van der Waals surface area contributed by atoms with Gasteiger partial charge in [-0.3, -0.25) is 9.59 Å². The van der Waals surface area contributed by atoms with Crippen molar-refractivity contribution in [3.63, 3.8) is 0 Å². The van der Waals surface area contributed by atoms with Gasteiger partial charge in [-0.1, -0.05) is 23.7 Å². The molecule has 0 aliphatic heterocycles. The van der Waals surface area contributed by atoms with Crippen LogP contribution in [0.2, 0.25) is 5.15 Å². The highest BCUT2D eigenvalue weighted by atomic mass is 35.5. The number of rotatable bonds is 2. The minimum atomic E-state index is -0.479. The Balaban J connectivity index is 1.96. The minimum Gasteiger partial charge on any atom is -0.329 e. The summed E-state index contributed by atoms with van der Waals surface area (Å²) in [5, 5.41) is 2.64. The third kappa shape index (κ3) is 2.75. The van der Waals surface area contributed by atoms with E-state index in [-0.39, 0.29) is 22.1 Å². The SMILES string of the molecule is O=C(Nc1nc2ccccc2nc1Cl)c1cc[nH]c(=O)c1. The highest BCUT2D eigenvalue weighted by Crippen LogP contribution is 2.21. The van der Waals surface area contributed by atoms with Crippen LogP contribution in [0.25, 0.3) is 11.0 Å². The highest BCUT2D eigenvalue weighted by Gasteiger charge is 2.12. The summed E-state index contributed by atoms with van der Waals surface area (Å²) in [6, 6.07) is 9.85. The molecule has 0 radical (unpaired) electrons. The summed E-state index contributed by atoms with van der Waals surface area (Å²) >= 11 is 6.01. The fourth-order valence-electron chi connectivity index (χ4n) is 1.82. The topological polar surface area (TPSA) is 87.7 Å². The summed E-state index contributed by atoms with van der Waals surface area (Å²) in [4.78, 5) is 34.1. The number of nitrogens with zero attached hydrogens (tertiary/aromatic N) is 2. The van der Waals surface area contributed by atoms with Crippen LogP contribution in [-0.4, -0.2) is 20.9 Å². The van der Waals surface area contributed by atoms with Crippen LogP contribution in [0.5, 0.6) is 0 Å². The predicted molar refractivity (Wildman–Crippen MR) is 79.6 cm³/mol. The Bertz CT molecular complexity index is 891. The number of anilines is 1. The van der Waals surface area contributed by atoms with Gasteiger partial charge in [0.05, 0.1) is 11.0 Å². The lowest BCUT2D eigenvalue weighted by Gasteiger charge is -2.07. The number of H-pyrrole nitrogens is 1. The van der Waals surface area contributed by atoms with E-state index in [1.165, 1.54) is 18.3 Å². The first-order chi connectivity index (χ1) is 10.1. The van der Waals surface area contributed by atoms with Crippen molar-refractivity contribution in [2.24, 2.45) is 0 Å². The second kappa shape index (κ2) is 5.34. The molecule has 2 N–H and O–H groups in total. The molecule has 0 saturated carbocycles. The summed E-state index contributed by atoms with van der Waals surface area (Å²) in [5.41, 5.74) is 1.10. The number of amides is 1. The van der Waals surface area contributed by atoms with E-state index in [4.69, 9.17) is 11.6 Å². The van der Waals surface area contributed by atoms with Gasteiger partial charge in [0.1, 0.15) is 0 Å². The van der Waals surface area contributed by atoms with Crippen LogP contribution in [-0.2, 0) is 0 Å². The van der Waals surface area contributed by atoms with Crippen LogP contribution < -0.4 is 10.9 Å². The third-order valence-corrected chi connectivity index (χ3v) is 3.06. The van der Waals surface area contributed by atoms with Gasteiger partial charge in [0, 0.05) is 17.8 Å². The number of nitrogens with one attached hydrogen (secondary N) is 2. The van der Waals surface area contributed by atoms with E-state index in [1.807, 2.05) is 12.1 Å². The van der Waals surface area contributed by atoms with E-state index in [9.17, 15) is 9.59 Å². The van der Waals surface area contributed by atoms with E-state index >= 15 is 0 Å². The van der Waals surface area contributed by atoms with Crippen molar-refractivity contribution >= 4 is 34.4 Å². The second-order valence-electron chi connectivity index (χ2n) is 4.25. The zero-order valence-electron chi connectivity index (χ0n) is 10.6. The summed E-state index contributed by atoms with van der Waals surface area (Å²) in [5.74, 6) is -0.326. The van der Waals surface area contributed by atoms with Gasteiger partial charge >= 0.3 is 0 Å². The molecule has 6 nitrogen and oxygen atoms in total. The molecule has 0 saturated heterocycles. The normalized spacial score (nSPS) is 10.5. The molecule has 0 fully saturated rings. The van der Waals surface area contributed by atoms with Crippen LogP contribution in [0.15, 0.2) is 47.4 Å². The molecule has 2 heterocycles. The molecular weight excluding hydrogens is 292 g/mol. The Morgan fingerprint density at radius 3 is 2.57 bits per heavy atom. The monoisotopic (exact) mass is 300 g/mol. The molecule has 1 aromatic carbocycles. The van der Waals surface area contributed by atoms with Gasteiger partial charge in [-0.15, -0.1) is 0 Å². The van der Waals surface area contributed by atoms with Gasteiger partial charge in [0.2, 0.25) is 5.56 Å². The quantitative estimate of drug-likeness (QED) is 0.759. The number of hydrogen-bond donors (Lipinski definition) is 2. The first-order valence-electron chi connectivity index (χ1n) is 6.06. The largest absolute Gasteiger partial charge is 0.329 e. The van der Waals surface area contributed by atoms with Crippen molar-refractivity contribution < 1.29 is 4.79 Å². The van der Waals surface area contributed by atoms with Crippen molar-refractivity contribution in [3.8, 4) is 0 Å². The molecule has 0 atom stereocenters. The molecule has 21 heavy (non-hydrogen) atoms. The van der Waals surface area contributed by atoms with E-state index in [0.29, 0.717) is 11.0 Å². The van der Waals surface area contributed by atoms with Crippen molar-refractivity contribution in [2.75, 3.05) is 5.32 Å². The number of aromatic amines is 1. The van der Waals surface area contributed by atoms with E-state index in [0.717, 1.165) is 0 Å². The minimum absolute atomic E-state index is 0.0897. The molecule has 0 aliphatic carbocycles. The predicted octanol–water partition coefficient (Wildman–Crippen LogP) is 2.22. The number of pyridine rings is 1. The lowest BCUT2D eigenvalue weighted by molar-refractivity contribution is 0.102. The number of halogens is 1. The van der Waals surface area contributed by atoms with E-state index < -0.39 is 5.91 Å². The van der Waals surface area contributed by atoms with Crippen LogP contribution >= 0.6 is 11.6 Å². The number of benzene rings is 1. The van der Waals surface area contributed by atoms with Gasteiger partial charge in [-0.05, 0) is 18.2 Å². The van der Waals surface area contributed by atoms with Crippen molar-refractivity contribution in [3.05, 3.63) is 63.7 Å². The molecule has 2 aromatic heterocycles. The Morgan fingerprint density at radius 1 is 1.14 bits per heavy atom. The van der Waals surface area contributed by atoms with Gasteiger partial charge < -0.3 is 10.3 Å². The molecule has 104 valence electrons. The Morgan fingerprint density at radius 2 is 1.86 bits per heavy atom. The summed E-state index contributed by atoms with van der Waals surface area (Å²) in [6.07, 6.45) is 1.39. The number of hydrogen-bond acceptors (Lipinski definition) is 4. The van der Waals surface area contributed by atoms with Gasteiger partial charge in [0.15, 0.2) is 11.0 Å². The molecule has 0 bridgehead atoms.